The summed E-state index contributed by atoms with van der Waals surface area (Å²) in [6, 6.07) is 12.1. The zero-order chi connectivity index (χ0) is 15.8. The Morgan fingerprint density at radius 3 is 2.87 bits per heavy atom. The predicted molar refractivity (Wildman–Crippen MR) is 90.9 cm³/mol. The van der Waals surface area contributed by atoms with Crippen molar-refractivity contribution in [2.24, 2.45) is 5.92 Å². The van der Waals surface area contributed by atoms with Crippen LogP contribution < -0.4 is 10.1 Å². The van der Waals surface area contributed by atoms with E-state index >= 15 is 0 Å². The van der Waals surface area contributed by atoms with Crippen LogP contribution in [0.3, 0.4) is 0 Å². The van der Waals surface area contributed by atoms with Gasteiger partial charge in [0.25, 0.3) is 5.91 Å². The standard InChI is InChI=1S/C19H22N2O2/c1-23-18-5-4-14-2-3-15(9-16(14)10-18)19(22)20-17-8-13-6-7-21(11-13)12-17/h2-5,9-10,13,17H,6-8,11-12H2,1H3,(H,20,22)/t13-,17-/m1/s1. The van der Waals surface area contributed by atoms with Gasteiger partial charge in [-0.05, 0) is 60.3 Å². The van der Waals surface area contributed by atoms with Crippen LogP contribution in [-0.4, -0.2) is 43.6 Å². The second-order valence-corrected chi connectivity index (χ2v) is 6.75. The van der Waals surface area contributed by atoms with Crippen molar-refractivity contribution in [3.63, 3.8) is 0 Å². The molecule has 2 aromatic rings. The van der Waals surface area contributed by atoms with Gasteiger partial charge in [0.05, 0.1) is 7.11 Å². The van der Waals surface area contributed by atoms with Gasteiger partial charge in [-0.15, -0.1) is 0 Å². The first kappa shape index (κ1) is 14.5. The van der Waals surface area contributed by atoms with Gasteiger partial charge in [-0.2, -0.15) is 0 Å². The molecule has 4 nitrogen and oxygen atoms in total. The summed E-state index contributed by atoms with van der Waals surface area (Å²) in [5.41, 5.74) is 0.721. The van der Waals surface area contributed by atoms with E-state index in [2.05, 4.69) is 10.2 Å². The molecule has 0 aromatic heterocycles. The van der Waals surface area contributed by atoms with Gasteiger partial charge in [0.1, 0.15) is 5.75 Å². The largest absolute Gasteiger partial charge is 0.497 e. The third-order valence-corrected chi connectivity index (χ3v) is 5.11. The molecule has 2 saturated heterocycles. The van der Waals surface area contributed by atoms with Crippen molar-refractivity contribution in [3.05, 3.63) is 42.0 Å². The summed E-state index contributed by atoms with van der Waals surface area (Å²) < 4.78 is 5.27. The molecule has 2 aliphatic rings. The minimum absolute atomic E-state index is 0.0298. The second-order valence-electron chi connectivity index (χ2n) is 6.75. The van der Waals surface area contributed by atoms with Crippen LogP contribution in [0.5, 0.6) is 5.75 Å². The summed E-state index contributed by atoms with van der Waals surface area (Å²) in [4.78, 5) is 15.0. The fourth-order valence-electron chi connectivity index (χ4n) is 3.93. The Labute approximate surface area is 136 Å². The van der Waals surface area contributed by atoms with E-state index in [0.29, 0.717) is 0 Å². The highest BCUT2D eigenvalue weighted by Gasteiger charge is 2.32. The zero-order valence-corrected chi connectivity index (χ0v) is 13.4. The number of benzene rings is 2. The van der Waals surface area contributed by atoms with Gasteiger partial charge < -0.3 is 15.0 Å². The maximum atomic E-state index is 12.6. The Bertz CT molecular complexity index is 731. The van der Waals surface area contributed by atoms with E-state index in [1.165, 1.54) is 19.5 Å². The fourth-order valence-corrected chi connectivity index (χ4v) is 3.93. The Hall–Kier alpha value is -2.07. The van der Waals surface area contributed by atoms with Crippen molar-refractivity contribution in [1.29, 1.82) is 0 Å². The van der Waals surface area contributed by atoms with Gasteiger partial charge in [-0.1, -0.05) is 12.1 Å². The number of piperidine rings is 1. The van der Waals surface area contributed by atoms with Crippen LogP contribution in [0.25, 0.3) is 10.8 Å². The van der Waals surface area contributed by atoms with E-state index in [1.807, 2.05) is 36.4 Å². The smallest absolute Gasteiger partial charge is 0.251 e. The fraction of sp³-hybridized carbons (Fsp3) is 0.421. The molecule has 0 saturated carbocycles. The highest BCUT2D eigenvalue weighted by molar-refractivity contribution is 5.99. The Kier molecular flexibility index (Phi) is 3.69. The molecule has 120 valence electrons. The Morgan fingerprint density at radius 2 is 2.04 bits per heavy atom. The van der Waals surface area contributed by atoms with Gasteiger partial charge in [0, 0.05) is 24.7 Å². The van der Waals surface area contributed by atoms with Gasteiger partial charge >= 0.3 is 0 Å². The summed E-state index contributed by atoms with van der Waals surface area (Å²) >= 11 is 0. The maximum absolute atomic E-state index is 12.6. The molecule has 2 aliphatic heterocycles. The zero-order valence-electron chi connectivity index (χ0n) is 13.4. The number of carbonyl (C=O) groups excluding carboxylic acids is 1. The first-order valence-corrected chi connectivity index (χ1v) is 8.32. The summed E-state index contributed by atoms with van der Waals surface area (Å²) in [5, 5.41) is 5.36. The molecule has 2 bridgehead atoms. The van der Waals surface area contributed by atoms with Crippen LogP contribution in [-0.2, 0) is 0 Å². The lowest BCUT2D eigenvalue weighted by molar-refractivity contribution is 0.0909. The number of nitrogens with one attached hydrogen (secondary N) is 1. The second kappa shape index (κ2) is 5.85. The highest BCUT2D eigenvalue weighted by atomic mass is 16.5. The molecule has 0 spiro atoms. The first-order chi connectivity index (χ1) is 11.2. The topological polar surface area (TPSA) is 41.6 Å². The van der Waals surface area contributed by atoms with Crippen molar-refractivity contribution < 1.29 is 9.53 Å². The Morgan fingerprint density at radius 1 is 1.17 bits per heavy atom. The number of amides is 1. The molecule has 23 heavy (non-hydrogen) atoms. The average molecular weight is 310 g/mol. The lowest BCUT2D eigenvalue weighted by Gasteiger charge is -2.30. The van der Waals surface area contributed by atoms with Crippen LogP contribution in [0.4, 0.5) is 0 Å². The molecule has 1 N–H and O–H groups in total. The Balaban J connectivity index is 1.52. The van der Waals surface area contributed by atoms with E-state index in [4.69, 9.17) is 4.74 Å². The van der Waals surface area contributed by atoms with Crippen molar-refractivity contribution in [2.45, 2.75) is 18.9 Å². The highest BCUT2D eigenvalue weighted by Crippen LogP contribution is 2.27. The van der Waals surface area contributed by atoms with Crippen molar-refractivity contribution in [3.8, 4) is 5.75 Å². The minimum Gasteiger partial charge on any atom is -0.497 e. The van der Waals surface area contributed by atoms with Crippen molar-refractivity contribution in [2.75, 3.05) is 26.7 Å². The van der Waals surface area contributed by atoms with Gasteiger partial charge in [0.2, 0.25) is 0 Å². The van der Waals surface area contributed by atoms with Crippen LogP contribution in [0, 0.1) is 5.92 Å². The van der Waals surface area contributed by atoms with Gasteiger partial charge in [-0.25, -0.2) is 0 Å². The molecular weight excluding hydrogens is 288 g/mol. The molecule has 2 fully saturated rings. The number of methoxy groups -OCH3 is 1. The normalized spacial score (nSPS) is 26.2. The van der Waals surface area contributed by atoms with Crippen LogP contribution in [0.15, 0.2) is 36.4 Å². The van der Waals surface area contributed by atoms with E-state index in [-0.39, 0.29) is 11.9 Å². The molecule has 4 heteroatoms. The number of ether oxygens (including phenoxy) is 1. The number of rotatable bonds is 3. The number of carbonyl (C=O) groups is 1. The van der Waals surface area contributed by atoms with E-state index in [0.717, 1.165) is 41.0 Å². The first-order valence-electron chi connectivity index (χ1n) is 8.32. The molecule has 4 rings (SSSR count). The molecule has 1 unspecified atom stereocenters. The van der Waals surface area contributed by atoms with Crippen LogP contribution in [0.2, 0.25) is 0 Å². The monoisotopic (exact) mass is 310 g/mol. The van der Waals surface area contributed by atoms with Crippen LogP contribution in [0.1, 0.15) is 23.2 Å². The third-order valence-electron chi connectivity index (χ3n) is 5.11. The van der Waals surface area contributed by atoms with Crippen molar-refractivity contribution in [1.82, 2.24) is 10.2 Å². The third kappa shape index (κ3) is 2.91. The summed E-state index contributed by atoms with van der Waals surface area (Å²) in [5.74, 6) is 1.60. The molecule has 0 aliphatic carbocycles. The van der Waals surface area contributed by atoms with Crippen LogP contribution >= 0.6 is 0 Å². The van der Waals surface area contributed by atoms with E-state index < -0.39 is 0 Å². The molecule has 2 heterocycles. The number of hydrogen-bond donors (Lipinski definition) is 1. The van der Waals surface area contributed by atoms with E-state index in [9.17, 15) is 4.79 Å². The average Bonchev–Trinajstić information content (AvgIpc) is 2.92. The molecule has 0 radical (unpaired) electrons. The molecule has 2 aromatic carbocycles. The van der Waals surface area contributed by atoms with Gasteiger partial charge in [0.15, 0.2) is 0 Å². The quantitative estimate of drug-likeness (QED) is 0.947. The summed E-state index contributed by atoms with van der Waals surface area (Å²) in [6.07, 6.45) is 2.39. The van der Waals surface area contributed by atoms with E-state index in [1.54, 1.807) is 7.11 Å². The SMILES string of the molecule is COc1ccc2ccc(C(=O)N[C@@H]3C[C@H]4CCN(C4)C3)cc2c1. The minimum atomic E-state index is 0.0298. The molecular formula is C19H22N2O2. The lowest BCUT2D eigenvalue weighted by atomic mass is 9.96. The maximum Gasteiger partial charge on any atom is 0.251 e. The molecule has 3 atom stereocenters. The summed E-state index contributed by atoms with van der Waals surface area (Å²) in [7, 11) is 1.66. The number of hydrogen-bond acceptors (Lipinski definition) is 3. The van der Waals surface area contributed by atoms with Gasteiger partial charge in [-0.3, -0.25) is 4.79 Å². The predicted octanol–water partition coefficient (Wildman–Crippen LogP) is 2.67. The number of nitrogens with zero attached hydrogens (tertiary/aromatic N) is 1. The molecule has 1 amide bonds. The van der Waals surface area contributed by atoms with Crippen molar-refractivity contribution >= 4 is 16.7 Å². The lowest BCUT2D eigenvalue weighted by Crippen LogP contribution is -2.47. The number of fused-ring (bicyclic) bond motifs is 3. The summed E-state index contributed by atoms with van der Waals surface area (Å²) in [6.45, 7) is 3.39.